The number of ether oxygens (including phenoxy) is 1. The molecular formula is C26H35N3O2. The molecule has 0 N–H and O–H groups in total. The van der Waals surface area contributed by atoms with Crippen LogP contribution in [0.4, 0.5) is 10.6 Å². The molecule has 31 heavy (non-hydrogen) atoms. The number of fused-ring (bicyclic) bond motifs is 1. The monoisotopic (exact) mass is 421 g/mol. The minimum absolute atomic E-state index is 0.231. The third-order valence-electron chi connectivity index (χ3n) is 6.37. The van der Waals surface area contributed by atoms with Gasteiger partial charge in [0.2, 0.25) is 0 Å². The zero-order valence-electron chi connectivity index (χ0n) is 19.6. The first-order chi connectivity index (χ1) is 14.6. The van der Waals surface area contributed by atoms with Crippen molar-refractivity contribution >= 4 is 11.9 Å². The quantitative estimate of drug-likeness (QED) is 0.650. The van der Waals surface area contributed by atoms with Crippen LogP contribution in [0.5, 0.6) is 0 Å². The van der Waals surface area contributed by atoms with E-state index in [9.17, 15) is 4.79 Å². The Balaban J connectivity index is 1.47. The molecule has 1 fully saturated rings. The van der Waals surface area contributed by atoms with Crippen molar-refractivity contribution in [1.82, 2.24) is 9.88 Å². The molecule has 166 valence electrons. The van der Waals surface area contributed by atoms with E-state index in [2.05, 4.69) is 55.1 Å². The molecule has 1 saturated heterocycles. The third-order valence-corrected chi connectivity index (χ3v) is 6.37. The number of benzene rings is 1. The normalized spacial score (nSPS) is 18.5. The van der Waals surface area contributed by atoms with Gasteiger partial charge >= 0.3 is 6.09 Å². The van der Waals surface area contributed by atoms with Crippen LogP contribution >= 0.6 is 0 Å². The number of amides is 1. The first-order valence-corrected chi connectivity index (χ1v) is 11.5. The van der Waals surface area contributed by atoms with Crippen LogP contribution in [-0.4, -0.2) is 47.8 Å². The maximum absolute atomic E-state index is 12.3. The summed E-state index contributed by atoms with van der Waals surface area (Å²) in [4.78, 5) is 21.3. The Kier molecular flexibility index (Phi) is 5.71. The van der Waals surface area contributed by atoms with Gasteiger partial charge in [-0.3, -0.25) is 0 Å². The lowest BCUT2D eigenvalue weighted by Gasteiger charge is -2.36. The number of rotatable bonds is 2. The molecule has 5 nitrogen and oxygen atoms in total. The molecule has 2 aromatic rings. The molecule has 0 bridgehead atoms. The van der Waals surface area contributed by atoms with Crippen molar-refractivity contribution in [3.05, 3.63) is 47.5 Å². The zero-order valence-corrected chi connectivity index (χ0v) is 19.6. The summed E-state index contributed by atoms with van der Waals surface area (Å²) < 4.78 is 5.51. The van der Waals surface area contributed by atoms with Crippen LogP contribution in [0.15, 0.2) is 36.4 Å². The van der Waals surface area contributed by atoms with Crippen molar-refractivity contribution in [2.24, 2.45) is 0 Å². The molecule has 1 aromatic carbocycles. The van der Waals surface area contributed by atoms with Gasteiger partial charge in [-0.25, -0.2) is 9.78 Å². The van der Waals surface area contributed by atoms with E-state index in [0.717, 1.165) is 31.0 Å². The zero-order chi connectivity index (χ0) is 22.2. The number of carbonyl (C=O) groups excluding carboxylic acids is 1. The second kappa shape index (κ2) is 8.18. The number of nitrogens with zero attached hydrogens (tertiary/aromatic N) is 3. The van der Waals surface area contributed by atoms with Crippen LogP contribution in [0.1, 0.15) is 58.6 Å². The first-order valence-electron chi connectivity index (χ1n) is 11.5. The highest BCUT2D eigenvalue weighted by Crippen LogP contribution is 2.38. The predicted molar refractivity (Wildman–Crippen MR) is 126 cm³/mol. The van der Waals surface area contributed by atoms with Gasteiger partial charge < -0.3 is 14.5 Å². The Bertz CT molecular complexity index is 953. The van der Waals surface area contributed by atoms with Crippen molar-refractivity contribution in [2.45, 2.75) is 64.9 Å². The Morgan fingerprint density at radius 3 is 2.52 bits per heavy atom. The van der Waals surface area contributed by atoms with Gasteiger partial charge in [0.25, 0.3) is 0 Å². The molecule has 2 heterocycles. The molecule has 0 radical (unpaired) electrons. The van der Waals surface area contributed by atoms with Crippen molar-refractivity contribution in [3.8, 4) is 11.3 Å². The predicted octanol–water partition coefficient (Wildman–Crippen LogP) is 5.42. The molecule has 5 heteroatoms. The number of anilines is 1. The Morgan fingerprint density at radius 2 is 1.81 bits per heavy atom. The fourth-order valence-corrected chi connectivity index (χ4v) is 4.68. The van der Waals surface area contributed by atoms with E-state index in [1.165, 1.54) is 29.5 Å². The lowest BCUT2D eigenvalue weighted by molar-refractivity contribution is 0.0240. The van der Waals surface area contributed by atoms with Gasteiger partial charge in [0.15, 0.2) is 0 Å². The van der Waals surface area contributed by atoms with Gasteiger partial charge in [-0.15, -0.1) is 0 Å². The van der Waals surface area contributed by atoms with E-state index in [1.807, 2.05) is 20.8 Å². The Labute approximate surface area is 186 Å². The average molecular weight is 422 g/mol. The minimum atomic E-state index is -0.464. The number of hydrogen-bond donors (Lipinski definition) is 0. The van der Waals surface area contributed by atoms with Crippen LogP contribution in [0.3, 0.4) is 0 Å². The molecule has 0 unspecified atom stereocenters. The fraction of sp³-hybridized carbons (Fsp3) is 0.538. The highest BCUT2D eigenvalue weighted by Gasteiger charge is 2.28. The summed E-state index contributed by atoms with van der Waals surface area (Å²) in [5, 5.41) is 0. The average Bonchev–Trinajstić information content (AvgIpc) is 2.72. The minimum Gasteiger partial charge on any atom is -0.444 e. The van der Waals surface area contributed by atoms with E-state index in [4.69, 9.17) is 9.72 Å². The van der Waals surface area contributed by atoms with Crippen LogP contribution in [0.25, 0.3) is 11.3 Å². The molecule has 1 aliphatic carbocycles. The number of aryl methyl sites for hydroxylation is 1. The molecule has 0 atom stereocenters. The summed E-state index contributed by atoms with van der Waals surface area (Å²) in [6.07, 6.45) is 3.42. The van der Waals surface area contributed by atoms with E-state index in [0.29, 0.717) is 13.1 Å². The maximum atomic E-state index is 12.3. The van der Waals surface area contributed by atoms with Gasteiger partial charge in [0, 0.05) is 31.7 Å². The summed E-state index contributed by atoms with van der Waals surface area (Å²) in [6, 6.07) is 13.1. The van der Waals surface area contributed by atoms with Crippen molar-refractivity contribution in [3.63, 3.8) is 0 Å². The van der Waals surface area contributed by atoms with Crippen molar-refractivity contribution in [2.75, 3.05) is 31.1 Å². The molecule has 0 spiro atoms. The van der Waals surface area contributed by atoms with Gasteiger partial charge in [-0.05, 0) is 74.8 Å². The summed E-state index contributed by atoms with van der Waals surface area (Å²) >= 11 is 0. The molecule has 1 aliphatic heterocycles. The smallest absolute Gasteiger partial charge is 0.410 e. The van der Waals surface area contributed by atoms with Crippen molar-refractivity contribution < 1.29 is 9.53 Å². The van der Waals surface area contributed by atoms with Gasteiger partial charge in [0.1, 0.15) is 11.4 Å². The lowest BCUT2D eigenvalue weighted by Crippen LogP contribution is -2.50. The second-order valence-electron chi connectivity index (χ2n) is 10.4. The second-order valence-corrected chi connectivity index (χ2v) is 10.4. The van der Waals surface area contributed by atoms with E-state index < -0.39 is 5.60 Å². The number of aromatic nitrogens is 1. The van der Waals surface area contributed by atoms with E-state index >= 15 is 0 Å². The summed E-state index contributed by atoms with van der Waals surface area (Å²) in [5.41, 5.74) is 4.94. The highest BCUT2D eigenvalue weighted by molar-refractivity contribution is 5.69. The third kappa shape index (κ3) is 4.86. The summed E-state index contributed by atoms with van der Waals surface area (Å²) in [5.74, 6) is 0.972. The maximum Gasteiger partial charge on any atom is 0.410 e. The van der Waals surface area contributed by atoms with Gasteiger partial charge in [-0.2, -0.15) is 0 Å². The largest absolute Gasteiger partial charge is 0.444 e. The lowest BCUT2D eigenvalue weighted by atomic mass is 9.72. The summed E-state index contributed by atoms with van der Waals surface area (Å²) in [7, 11) is 0. The van der Waals surface area contributed by atoms with Gasteiger partial charge in [-0.1, -0.05) is 32.0 Å². The first kappa shape index (κ1) is 21.7. The van der Waals surface area contributed by atoms with Crippen LogP contribution < -0.4 is 4.90 Å². The Hall–Kier alpha value is -2.56. The van der Waals surface area contributed by atoms with Crippen molar-refractivity contribution in [1.29, 1.82) is 0 Å². The number of piperazine rings is 1. The Morgan fingerprint density at radius 1 is 1.06 bits per heavy atom. The number of carbonyl (C=O) groups is 1. The van der Waals surface area contributed by atoms with E-state index in [-0.39, 0.29) is 11.5 Å². The van der Waals surface area contributed by atoms with Crippen LogP contribution in [0, 0.1) is 0 Å². The topological polar surface area (TPSA) is 45.7 Å². The summed E-state index contributed by atoms with van der Waals surface area (Å²) in [6.45, 7) is 13.2. The molecule has 1 aromatic heterocycles. The highest BCUT2D eigenvalue weighted by atomic mass is 16.6. The number of hydrogen-bond acceptors (Lipinski definition) is 4. The van der Waals surface area contributed by atoms with Crippen LogP contribution in [-0.2, 0) is 16.6 Å². The number of pyridine rings is 1. The molecule has 1 amide bonds. The van der Waals surface area contributed by atoms with E-state index in [1.54, 1.807) is 4.90 Å². The van der Waals surface area contributed by atoms with Gasteiger partial charge in [0.05, 0.1) is 5.69 Å². The standard InChI is InChI=1S/C26H35N3O2/c1-25(2,3)31-24(30)29-16-14-28(15-17-29)23-10-6-9-22(27-23)20-11-12-21-19(18-20)8-7-13-26(21,4)5/h6,9-12,18H,7-8,13-17H2,1-5H3. The SMILES string of the molecule is CC(C)(C)OC(=O)N1CCN(c2cccc(-c3ccc4c(c3)CCCC4(C)C)n2)CC1. The van der Waals surface area contributed by atoms with Crippen LogP contribution in [0.2, 0.25) is 0 Å². The molecule has 0 saturated carbocycles. The fourth-order valence-electron chi connectivity index (χ4n) is 4.68. The molecular weight excluding hydrogens is 386 g/mol. The molecule has 4 rings (SSSR count). The molecule has 2 aliphatic rings.